The molecule has 2 rings (SSSR count). The summed E-state index contributed by atoms with van der Waals surface area (Å²) in [6.07, 6.45) is 0. The smallest absolute Gasteiger partial charge is 0.131 e. The fourth-order valence-corrected chi connectivity index (χ4v) is 2.42. The monoisotopic (exact) mass is 261 g/mol. The summed E-state index contributed by atoms with van der Waals surface area (Å²) in [6, 6.07) is 9.54. The SMILES string of the molecule is Cc1ccc(C)c(C(C)(N)c2c(F)cccc2F)c1. The normalized spacial score (nSPS) is 14.2. The molecular weight excluding hydrogens is 244 g/mol. The topological polar surface area (TPSA) is 26.0 Å². The maximum absolute atomic E-state index is 13.9. The van der Waals surface area contributed by atoms with Crippen LogP contribution >= 0.6 is 0 Å². The third kappa shape index (κ3) is 2.38. The first-order valence-electron chi connectivity index (χ1n) is 6.15. The van der Waals surface area contributed by atoms with E-state index >= 15 is 0 Å². The highest BCUT2D eigenvalue weighted by Crippen LogP contribution is 2.32. The number of halogens is 2. The van der Waals surface area contributed by atoms with Crippen molar-refractivity contribution in [2.45, 2.75) is 26.3 Å². The summed E-state index contributed by atoms with van der Waals surface area (Å²) in [4.78, 5) is 0. The molecule has 0 aromatic heterocycles. The predicted molar refractivity (Wildman–Crippen MR) is 72.9 cm³/mol. The molecule has 0 amide bonds. The molecular formula is C16H17F2N. The van der Waals surface area contributed by atoms with E-state index in [1.165, 1.54) is 18.2 Å². The molecule has 1 atom stereocenters. The van der Waals surface area contributed by atoms with Crippen molar-refractivity contribution in [1.82, 2.24) is 0 Å². The van der Waals surface area contributed by atoms with Gasteiger partial charge in [-0.15, -0.1) is 0 Å². The lowest BCUT2D eigenvalue weighted by atomic mass is 9.82. The predicted octanol–water partition coefficient (Wildman–Crippen LogP) is 3.80. The number of aryl methyl sites for hydroxylation is 2. The Morgan fingerprint density at radius 1 is 1.00 bits per heavy atom. The molecule has 0 aliphatic heterocycles. The van der Waals surface area contributed by atoms with Gasteiger partial charge in [-0.05, 0) is 44.0 Å². The second kappa shape index (κ2) is 4.74. The Hall–Kier alpha value is -1.74. The first-order chi connectivity index (χ1) is 8.84. The van der Waals surface area contributed by atoms with Gasteiger partial charge in [-0.3, -0.25) is 0 Å². The van der Waals surface area contributed by atoms with Crippen LogP contribution in [0, 0.1) is 25.5 Å². The van der Waals surface area contributed by atoms with E-state index in [0.717, 1.165) is 16.7 Å². The lowest BCUT2D eigenvalue weighted by Gasteiger charge is -2.28. The minimum atomic E-state index is -1.20. The lowest BCUT2D eigenvalue weighted by Crippen LogP contribution is -2.37. The Morgan fingerprint density at radius 3 is 2.16 bits per heavy atom. The summed E-state index contributed by atoms with van der Waals surface area (Å²) in [6.45, 7) is 5.45. The van der Waals surface area contributed by atoms with E-state index in [1.54, 1.807) is 6.92 Å². The van der Waals surface area contributed by atoms with Crippen molar-refractivity contribution in [2.75, 3.05) is 0 Å². The lowest BCUT2D eigenvalue weighted by molar-refractivity contribution is 0.480. The van der Waals surface area contributed by atoms with Crippen LogP contribution in [0.4, 0.5) is 8.78 Å². The fraction of sp³-hybridized carbons (Fsp3) is 0.250. The van der Waals surface area contributed by atoms with E-state index in [9.17, 15) is 8.78 Å². The van der Waals surface area contributed by atoms with E-state index in [2.05, 4.69) is 0 Å². The number of hydrogen-bond donors (Lipinski definition) is 1. The zero-order chi connectivity index (χ0) is 14.2. The van der Waals surface area contributed by atoms with Gasteiger partial charge in [-0.2, -0.15) is 0 Å². The van der Waals surface area contributed by atoms with Gasteiger partial charge in [0.05, 0.1) is 5.54 Å². The van der Waals surface area contributed by atoms with Crippen LogP contribution in [0.25, 0.3) is 0 Å². The van der Waals surface area contributed by atoms with Gasteiger partial charge in [-0.25, -0.2) is 8.78 Å². The molecule has 100 valence electrons. The van der Waals surface area contributed by atoms with E-state index in [-0.39, 0.29) is 5.56 Å². The molecule has 19 heavy (non-hydrogen) atoms. The molecule has 0 heterocycles. The van der Waals surface area contributed by atoms with Crippen molar-refractivity contribution in [3.63, 3.8) is 0 Å². The van der Waals surface area contributed by atoms with Crippen LogP contribution in [0.15, 0.2) is 36.4 Å². The maximum atomic E-state index is 13.9. The summed E-state index contributed by atoms with van der Waals surface area (Å²) in [7, 11) is 0. The molecule has 0 aliphatic carbocycles. The molecule has 0 spiro atoms. The highest BCUT2D eigenvalue weighted by atomic mass is 19.1. The average molecular weight is 261 g/mol. The molecule has 0 fully saturated rings. The van der Waals surface area contributed by atoms with Gasteiger partial charge in [0.1, 0.15) is 11.6 Å². The third-order valence-electron chi connectivity index (χ3n) is 3.43. The van der Waals surface area contributed by atoms with E-state index in [4.69, 9.17) is 5.73 Å². The van der Waals surface area contributed by atoms with Crippen LogP contribution in [0.3, 0.4) is 0 Å². The Kier molecular flexibility index (Phi) is 3.42. The molecule has 0 radical (unpaired) electrons. The van der Waals surface area contributed by atoms with Gasteiger partial charge >= 0.3 is 0 Å². The van der Waals surface area contributed by atoms with Crippen LogP contribution in [-0.2, 0) is 5.54 Å². The Bertz CT molecular complexity index is 598. The van der Waals surface area contributed by atoms with Crippen LogP contribution in [0.2, 0.25) is 0 Å². The van der Waals surface area contributed by atoms with Crippen LogP contribution in [-0.4, -0.2) is 0 Å². The Labute approximate surface area is 112 Å². The molecule has 0 aliphatic rings. The third-order valence-corrected chi connectivity index (χ3v) is 3.43. The van der Waals surface area contributed by atoms with Crippen molar-refractivity contribution in [1.29, 1.82) is 0 Å². The van der Waals surface area contributed by atoms with Crippen molar-refractivity contribution < 1.29 is 8.78 Å². The average Bonchev–Trinajstić information content (AvgIpc) is 2.31. The minimum absolute atomic E-state index is 0.0938. The highest BCUT2D eigenvalue weighted by molar-refractivity contribution is 5.44. The number of hydrogen-bond acceptors (Lipinski definition) is 1. The van der Waals surface area contributed by atoms with Gasteiger partial charge in [0.2, 0.25) is 0 Å². The van der Waals surface area contributed by atoms with E-state index in [0.29, 0.717) is 0 Å². The van der Waals surface area contributed by atoms with Gasteiger partial charge in [0.15, 0.2) is 0 Å². The molecule has 0 bridgehead atoms. The molecule has 1 unspecified atom stereocenters. The summed E-state index contributed by atoms with van der Waals surface area (Å²) < 4.78 is 27.9. The molecule has 0 saturated heterocycles. The summed E-state index contributed by atoms with van der Waals surface area (Å²) in [5.41, 5.74) is 7.61. The maximum Gasteiger partial charge on any atom is 0.131 e. The van der Waals surface area contributed by atoms with E-state index in [1.807, 2.05) is 32.0 Å². The van der Waals surface area contributed by atoms with Gasteiger partial charge in [0, 0.05) is 5.56 Å². The summed E-state index contributed by atoms with van der Waals surface area (Å²) >= 11 is 0. The largest absolute Gasteiger partial charge is 0.318 e. The number of rotatable bonds is 2. The molecule has 2 aromatic carbocycles. The first kappa shape index (κ1) is 13.7. The second-order valence-electron chi connectivity index (χ2n) is 5.12. The van der Waals surface area contributed by atoms with Crippen molar-refractivity contribution in [2.24, 2.45) is 5.73 Å². The van der Waals surface area contributed by atoms with E-state index < -0.39 is 17.2 Å². The molecule has 0 saturated carbocycles. The number of nitrogens with two attached hydrogens (primary N) is 1. The molecule has 2 N–H and O–H groups in total. The number of benzene rings is 2. The van der Waals surface area contributed by atoms with Crippen molar-refractivity contribution in [3.8, 4) is 0 Å². The van der Waals surface area contributed by atoms with Crippen LogP contribution in [0.5, 0.6) is 0 Å². The zero-order valence-corrected chi connectivity index (χ0v) is 11.3. The standard InChI is InChI=1S/C16H17F2N/c1-10-7-8-11(2)12(9-10)16(3,19)15-13(17)5-4-6-14(15)18/h4-9H,19H2,1-3H3. The fourth-order valence-electron chi connectivity index (χ4n) is 2.42. The van der Waals surface area contributed by atoms with Gasteiger partial charge in [-0.1, -0.05) is 29.8 Å². The highest BCUT2D eigenvalue weighted by Gasteiger charge is 2.31. The van der Waals surface area contributed by atoms with Crippen molar-refractivity contribution in [3.05, 3.63) is 70.3 Å². The molecule has 3 heteroatoms. The Balaban J connectivity index is 2.68. The van der Waals surface area contributed by atoms with Crippen LogP contribution in [0.1, 0.15) is 29.2 Å². The first-order valence-corrected chi connectivity index (χ1v) is 6.15. The van der Waals surface area contributed by atoms with Gasteiger partial charge < -0.3 is 5.73 Å². The van der Waals surface area contributed by atoms with Crippen molar-refractivity contribution >= 4 is 0 Å². The minimum Gasteiger partial charge on any atom is -0.318 e. The zero-order valence-electron chi connectivity index (χ0n) is 11.3. The summed E-state index contributed by atoms with van der Waals surface area (Å²) in [5.74, 6) is -1.24. The quantitative estimate of drug-likeness (QED) is 0.874. The molecule has 1 nitrogen and oxygen atoms in total. The molecule has 2 aromatic rings. The summed E-state index contributed by atoms with van der Waals surface area (Å²) in [5, 5.41) is 0. The second-order valence-corrected chi connectivity index (χ2v) is 5.12. The van der Waals surface area contributed by atoms with Crippen LogP contribution < -0.4 is 5.73 Å². The van der Waals surface area contributed by atoms with Gasteiger partial charge in [0.25, 0.3) is 0 Å². The Morgan fingerprint density at radius 2 is 1.58 bits per heavy atom.